The first-order valence-corrected chi connectivity index (χ1v) is 13.2. The molecule has 1 unspecified atom stereocenters. The number of aromatic amines is 1. The van der Waals surface area contributed by atoms with E-state index in [1.54, 1.807) is 6.20 Å². The minimum atomic E-state index is -0.113. The van der Waals surface area contributed by atoms with Crippen molar-refractivity contribution in [3.8, 4) is 0 Å². The summed E-state index contributed by atoms with van der Waals surface area (Å²) in [7, 11) is 0. The Morgan fingerprint density at radius 2 is 2.08 bits per heavy atom. The lowest BCUT2D eigenvalue weighted by Crippen LogP contribution is -2.42. The quantitative estimate of drug-likeness (QED) is 0.294. The fraction of sp³-hybridized carbons (Fsp3) is 0.379. The molecule has 1 saturated heterocycles. The van der Waals surface area contributed by atoms with Gasteiger partial charge in [0.15, 0.2) is 0 Å². The van der Waals surface area contributed by atoms with Crippen LogP contribution in [0.3, 0.4) is 0 Å². The van der Waals surface area contributed by atoms with E-state index in [0.29, 0.717) is 19.0 Å². The van der Waals surface area contributed by atoms with Gasteiger partial charge in [-0.2, -0.15) is 0 Å². The summed E-state index contributed by atoms with van der Waals surface area (Å²) in [5.74, 6) is 0.832. The maximum absolute atomic E-state index is 13.6. The minimum Gasteiger partial charge on any atom is -0.398 e. The molecule has 6 nitrogen and oxygen atoms in total. The molecule has 1 amide bonds. The van der Waals surface area contributed by atoms with Crippen molar-refractivity contribution in [2.45, 2.75) is 52.2 Å². The molecule has 0 spiro atoms. The third kappa shape index (κ3) is 5.20. The predicted octanol–water partition coefficient (Wildman–Crippen LogP) is 5.99. The monoisotopic (exact) mass is 503 g/mol. The highest BCUT2D eigenvalue weighted by molar-refractivity contribution is 6.31. The number of rotatable bonds is 9. The van der Waals surface area contributed by atoms with Gasteiger partial charge in [-0.3, -0.25) is 14.7 Å². The van der Waals surface area contributed by atoms with Crippen LogP contribution in [0, 0.1) is 5.92 Å². The van der Waals surface area contributed by atoms with Crippen LogP contribution in [0.1, 0.15) is 44.4 Å². The van der Waals surface area contributed by atoms with Crippen molar-refractivity contribution in [2.75, 3.05) is 18.8 Å². The van der Waals surface area contributed by atoms with E-state index in [1.807, 2.05) is 41.3 Å². The van der Waals surface area contributed by atoms with Gasteiger partial charge in [-0.05, 0) is 67.3 Å². The van der Waals surface area contributed by atoms with E-state index in [0.717, 1.165) is 76.1 Å². The average molecular weight is 504 g/mol. The number of benzene rings is 2. The van der Waals surface area contributed by atoms with Crippen molar-refractivity contribution in [1.29, 1.82) is 0 Å². The molecule has 0 bridgehead atoms. The summed E-state index contributed by atoms with van der Waals surface area (Å²) in [4.78, 5) is 25.9. The van der Waals surface area contributed by atoms with E-state index in [2.05, 4.69) is 40.8 Å². The number of likely N-dealkylation sites (tertiary alicyclic amines) is 1. The van der Waals surface area contributed by atoms with Crippen LogP contribution in [-0.2, 0) is 17.9 Å². The number of hydrogen-bond acceptors (Lipinski definition) is 4. The number of pyridine rings is 1. The SMILES string of the molecule is CCC(C)CCN(Cc1cc2cc(Cl)ccc2[nH]1)[C@@H]1CCN(Cc2ccc3c(N)ccnc3c2)C1=O. The average Bonchev–Trinajstić information content (AvgIpc) is 3.43. The molecule has 2 atom stereocenters. The van der Waals surface area contributed by atoms with Gasteiger partial charge in [-0.1, -0.05) is 44.0 Å². The fourth-order valence-electron chi connectivity index (χ4n) is 5.16. The number of fused-ring (bicyclic) bond motifs is 2. The number of nitrogens with two attached hydrogens (primary N) is 1. The summed E-state index contributed by atoms with van der Waals surface area (Å²) >= 11 is 6.19. The molecule has 188 valence electrons. The first-order valence-electron chi connectivity index (χ1n) is 12.8. The summed E-state index contributed by atoms with van der Waals surface area (Å²) < 4.78 is 0. The number of anilines is 1. The molecule has 0 radical (unpaired) electrons. The lowest BCUT2D eigenvalue weighted by Gasteiger charge is -2.28. The fourth-order valence-corrected chi connectivity index (χ4v) is 5.34. The van der Waals surface area contributed by atoms with Crippen molar-refractivity contribution in [3.63, 3.8) is 0 Å². The first kappa shape index (κ1) is 24.6. The van der Waals surface area contributed by atoms with Gasteiger partial charge in [0.05, 0.1) is 11.6 Å². The molecular formula is C29H34ClN5O. The standard InChI is InChI=1S/C29H34ClN5O/c1-3-19(2)9-12-34(18-23-16-21-15-22(30)5-7-26(21)33-23)28-10-13-35(29(28)36)17-20-4-6-24-25(31)8-11-32-27(24)14-20/h4-8,11,14-16,19,28,33H,3,9-10,12-13,17-18H2,1-2H3,(H2,31,32)/t19?,28-/m1/s1. The summed E-state index contributed by atoms with van der Waals surface area (Å²) in [5, 5.41) is 2.78. The molecule has 5 rings (SSSR count). The molecule has 4 aromatic rings. The van der Waals surface area contributed by atoms with Crippen molar-refractivity contribution in [3.05, 3.63) is 71.0 Å². The van der Waals surface area contributed by atoms with Crippen molar-refractivity contribution >= 4 is 45.0 Å². The van der Waals surface area contributed by atoms with Gasteiger partial charge in [-0.25, -0.2) is 0 Å². The number of carbonyl (C=O) groups excluding carboxylic acids is 1. The number of H-pyrrole nitrogens is 1. The molecule has 3 N–H and O–H groups in total. The number of aromatic nitrogens is 2. The van der Waals surface area contributed by atoms with Crippen LogP contribution in [0.25, 0.3) is 21.8 Å². The zero-order chi connectivity index (χ0) is 25.2. The van der Waals surface area contributed by atoms with Crippen molar-refractivity contribution < 1.29 is 4.79 Å². The normalized spacial score (nSPS) is 17.1. The van der Waals surface area contributed by atoms with E-state index >= 15 is 0 Å². The van der Waals surface area contributed by atoms with Gasteiger partial charge in [0.25, 0.3) is 0 Å². The van der Waals surface area contributed by atoms with Crippen LogP contribution in [0.15, 0.2) is 54.7 Å². The number of nitrogen functional groups attached to an aromatic ring is 1. The Morgan fingerprint density at radius 1 is 1.22 bits per heavy atom. The zero-order valence-corrected chi connectivity index (χ0v) is 21.8. The Kier molecular flexibility index (Phi) is 7.17. The van der Waals surface area contributed by atoms with Crippen LogP contribution in [-0.4, -0.2) is 44.8 Å². The predicted molar refractivity (Wildman–Crippen MR) is 148 cm³/mol. The van der Waals surface area contributed by atoms with Crippen LogP contribution < -0.4 is 5.73 Å². The number of amides is 1. The second-order valence-corrected chi connectivity index (χ2v) is 10.6. The highest BCUT2D eigenvalue weighted by Crippen LogP contribution is 2.27. The molecule has 1 fully saturated rings. The smallest absolute Gasteiger partial charge is 0.240 e. The van der Waals surface area contributed by atoms with Crippen LogP contribution in [0.5, 0.6) is 0 Å². The highest BCUT2D eigenvalue weighted by Gasteiger charge is 2.36. The lowest BCUT2D eigenvalue weighted by molar-refractivity contribution is -0.132. The number of nitrogens with zero attached hydrogens (tertiary/aromatic N) is 3. The second kappa shape index (κ2) is 10.5. The topological polar surface area (TPSA) is 78.2 Å². The summed E-state index contributed by atoms with van der Waals surface area (Å²) in [5.41, 5.74) is 10.9. The molecule has 1 aliphatic rings. The number of carbonyl (C=O) groups is 1. The van der Waals surface area contributed by atoms with Crippen LogP contribution in [0.2, 0.25) is 5.02 Å². The largest absolute Gasteiger partial charge is 0.398 e. The number of nitrogens with one attached hydrogen (secondary N) is 1. The Labute approximate surface area is 217 Å². The van der Waals surface area contributed by atoms with Crippen molar-refractivity contribution in [1.82, 2.24) is 19.8 Å². The second-order valence-electron chi connectivity index (χ2n) is 10.1. The van der Waals surface area contributed by atoms with Gasteiger partial charge >= 0.3 is 0 Å². The molecule has 36 heavy (non-hydrogen) atoms. The molecule has 7 heteroatoms. The van der Waals surface area contributed by atoms with E-state index in [1.165, 1.54) is 0 Å². The molecule has 1 aliphatic heterocycles. The van der Waals surface area contributed by atoms with Crippen LogP contribution >= 0.6 is 11.6 Å². The first-order chi connectivity index (χ1) is 17.4. The van der Waals surface area contributed by atoms with Gasteiger partial charge in [0, 0.05) is 58.5 Å². The molecular weight excluding hydrogens is 470 g/mol. The van der Waals surface area contributed by atoms with Gasteiger partial charge in [-0.15, -0.1) is 0 Å². The highest BCUT2D eigenvalue weighted by atomic mass is 35.5. The Bertz CT molecular complexity index is 1380. The number of hydrogen-bond donors (Lipinski definition) is 2. The maximum Gasteiger partial charge on any atom is 0.240 e. The molecule has 2 aromatic carbocycles. The maximum atomic E-state index is 13.6. The zero-order valence-electron chi connectivity index (χ0n) is 21.0. The summed E-state index contributed by atoms with van der Waals surface area (Å²) in [6.45, 7) is 7.47. The molecule has 2 aromatic heterocycles. The van der Waals surface area contributed by atoms with E-state index in [9.17, 15) is 4.79 Å². The van der Waals surface area contributed by atoms with E-state index in [4.69, 9.17) is 17.3 Å². The Hall–Kier alpha value is -3.09. The third-order valence-electron chi connectivity index (χ3n) is 7.54. The summed E-state index contributed by atoms with van der Waals surface area (Å²) in [6, 6.07) is 15.9. The number of halogens is 1. The van der Waals surface area contributed by atoms with Gasteiger partial charge < -0.3 is 15.6 Å². The molecule has 0 aliphatic carbocycles. The van der Waals surface area contributed by atoms with Gasteiger partial charge in [0.2, 0.25) is 5.91 Å². The lowest BCUT2D eigenvalue weighted by atomic mass is 10.0. The Balaban J connectivity index is 1.33. The molecule has 0 saturated carbocycles. The summed E-state index contributed by atoms with van der Waals surface area (Å²) in [6.07, 6.45) is 4.78. The third-order valence-corrected chi connectivity index (χ3v) is 7.78. The van der Waals surface area contributed by atoms with Crippen molar-refractivity contribution in [2.24, 2.45) is 5.92 Å². The molecule has 3 heterocycles. The minimum absolute atomic E-state index is 0.113. The van der Waals surface area contributed by atoms with Gasteiger partial charge in [0.1, 0.15) is 0 Å². The van der Waals surface area contributed by atoms with E-state index < -0.39 is 0 Å². The Morgan fingerprint density at radius 3 is 2.92 bits per heavy atom. The van der Waals surface area contributed by atoms with E-state index in [-0.39, 0.29) is 11.9 Å². The van der Waals surface area contributed by atoms with Crippen LogP contribution in [0.4, 0.5) is 5.69 Å².